The molecule has 0 atom stereocenters. The first-order valence-electron chi connectivity index (χ1n) is 5.44. The third-order valence-corrected chi connectivity index (χ3v) is 2.58. The van der Waals surface area contributed by atoms with Gasteiger partial charge in [0.1, 0.15) is 5.82 Å². The third-order valence-electron chi connectivity index (χ3n) is 2.58. The van der Waals surface area contributed by atoms with Crippen LogP contribution >= 0.6 is 0 Å². The van der Waals surface area contributed by atoms with E-state index in [-0.39, 0.29) is 0 Å². The van der Waals surface area contributed by atoms with E-state index < -0.39 is 0 Å². The summed E-state index contributed by atoms with van der Waals surface area (Å²) in [6.45, 7) is 8.56. The monoisotopic (exact) mass is 203 g/mol. The molecule has 15 heavy (non-hydrogen) atoms. The van der Waals surface area contributed by atoms with Crippen molar-refractivity contribution in [3.05, 3.63) is 29.8 Å². The topological polar surface area (TPSA) is 30.2 Å². The number of hydrogen-bond donors (Lipinski definition) is 0. The van der Waals surface area contributed by atoms with Gasteiger partial charge in [-0.1, -0.05) is 27.7 Å². The molecule has 0 bridgehead atoms. The lowest BCUT2D eigenvalue weighted by molar-refractivity contribution is 0.686. The van der Waals surface area contributed by atoms with E-state index in [1.807, 2.05) is 0 Å². The molecule has 0 N–H and O–H groups in total. The molecule has 0 spiro atoms. The average molecular weight is 203 g/mol. The first-order chi connectivity index (χ1) is 7.11. The highest BCUT2D eigenvalue weighted by molar-refractivity contribution is 5.53. The molecule has 0 aliphatic rings. The van der Waals surface area contributed by atoms with Crippen molar-refractivity contribution >= 4 is 5.52 Å². The highest BCUT2D eigenvalue weighted by Gasteiger charge is 2.12. The molecule has 2 rings (SSSR count). The Bertz CT molecular complexity index is 427. The Balaban J connectivity index is 2.71. The largest absolute Gasteiger partial charge is 0.302 e. The maximum absolute atomic E-state index is 4.33. The molecule has 2 aromatic rings. The van der Waals surface area contributed by atoms with E-state index in [0.717, 1.165) is 11.5 Å². The van der Waals surface area contributed by atoms with E-state index in [4.69, 9.17) is 0 Å². The summed E-state index contributed by atoms with van der Waals surface area (Å²) in [4.78, 5) is 0. The van der Waals surface area contributed by atoms with Gasteiger partial charge in [0.15, 0.2) is 0 Å². The Morgan fingerprint density at radius 3 is 2.40 bits per heavy atom. The molecule has 2 heterocycles. The van der Waals surface area contributed by atoms with Crippen molar-refractivity contribution in [1.29, 1.82) is 0 Å². The van der Waals surface area contributed by atoms with Crippen LogP contribution in [0.15, 0.2) is 18.3 Å². The highest BCUT2D eigenvalue weighted by Crippen LogP contribution is 2.21. The lowest BCUT2D eigenvalue weighted by Crippen LogP contribution is -2.08. The predicted octanol–water partition coefficient (Wildman–Crippen LogP) is 2.98. The van der Waals surface area contributed by atoms with Crippen LogP contribution < -0.4 is 0 Å². The number of nitrogens with zero attached hydrogens (tertiary/aromatic N) is 3. The van der Waals surface area contributed by atoms with Crippen LogP contribution in [0.25, 0.3) is 5.52 Å². The number of fused-ring (bicyclic) bond motifs is 1. The normalized spacial score (nSPS) is 11.9. The van der Waals surface area contributed by atoms with E-state index in [1.54, 1.807) is 0 Å². The summed E-state index contributed by atoms with van der Waals surface area (Å²) in [5.41, 5.74) is 2.26. The summed E-state index contributed by atoms with van der Waals surface area (Å²) in [5, 5.41) is 8.64. The van der Waals surface area contributed by atoms with Gasteiger partial charge >= 0.3 is 0 Å². The van der Waals surface area contributed by atoms with E-state index in [1.165, 1.54) is 5.52 Å². The van der Waals surface area contributed by atoms with Crippen LogP contribution in [0.1, 0.15) is 51.0 Å². The fourth-order valence-electron chi connectivity index (χ4n) is 1.80. The van der Waals surface area contributed by atoms with E-state index in [9.17, 15) is 0 Å². The highest BCUT2D eigenvalue weighted by atomic mass is 15.2. The molecule has 0 amide bonds. The van der Waals surface area contributed by atoms with Crippen molar-refractivity contribution in [2.24, 2.45) is 0 Å². The predicted molar refractivity (Wildman–Crippen MR) is 61.2 cm³/mol. The molecule has 0 saturated carbocycles. The van der Waals surface area contributed by atoms with Crippen LogP contribution in [0, 0.1) is 0 Å². The van der Waals surface area contributed by atoms with Gasteiger partial charge in [0, 0.05) is 12.1 Å². The smallest absolute Gasteiger partial charge is 0.138 e. The van der Waals surface area contributed by atoms with E-state index in [2.05, 4.69) is 60.6 Å². The molecule has 0 unspecified atom stereocenters. The van der Waals surface area contributed by atoms with Gasteiger partial charge in [-0.15, -0.1) is 5.10 Å². The van der Waals surface area contributed by atoms with Crippen LogP contribution in [-0.4, -0.2) is 14.6 Å². The van der Waals surface area contributed by atoms with Gasteiger partial charge < -0.3 is 4.40 Å². The molecule has 0 aliphatic heterocycles. The van der Waals surface area contributed by atoms with Crippen LogP contribution in [0.3, 0.4) is 0 Å². The Hall–Kier alpha value is -1.38. The summed E-state index contributed by atoms with van der Waals surface area (Å²) in [6, 6.07) is 4.16. The molecule has 3 nitrogen and oxygen atoms in total. The van der Waals surface area contributed by atoms with Crippen LogP contribution in [-0.2, 0) is 0 Å². The van der Waals surface area contributed by atoms with Crippen molar-refractivity contribution in [1.82, 2.24) is 14.6 Å². The van der Waals surface area contributed by atoms with Crippen LogP contribution in [0.2, 0.25) is 0 Å². The Morgan fingerprint density at radius 2 is 1.80 bits per heavy atom. The zero-order valence-corrected chi connectivity index (χ0v) is 9.73. The molecule has 80 valence electrons. The fraction of sp³-hybridized carbons (Fsp3) is 0.500. The lowest BCUT2D eigenvalue weighted by Gasteiger charge is -2.11. The van der Waals surface area contributed by atoms with Crippen molar-refractivity contribution < 1.29 is 0 Å². The molecular weight excluding hydrogens is 186 g/mol. The zero-order valence-electron chi connectivity index (χ0n) is 9.73. The quantitative estimate of drug-likeness (QED) is 0.751. The second kappa shape index (κ2) is 3.65. The Morgan fingerprint density at radius 1 is 1.07 bits per heavy atom. The molecule has 0 fully saturated rings. The van der Waals surface area contributed by atoms with Crippen LogP contribution in [0.4, 0.5) is 0 Å². The number of hydrogen-bond acceptors (Lipinski definition) is 2. The van der Waals surface area contributed by atoms with E-state index in [0.29, 0.717) is 11.8 Å². The van der Waals surface area contributed by atoms with Crippen molar-refractivity contribution in [2.45, 2.75) is 39.5 Å². The van der Waals surface area contributed by atoms with Gasteiger partial charge in [0.05, 0.1) is 11.2 Å². The van der Waals surface area contributed by atoms with Gasteiger partial charge in [-0.05, 0) is 18.1 Å². The van der Waals surface area contributed by atoms with Crippen molar-refractivity contribution in [3.8, 4) is 0 Å². The molecular formula is C12H17N3. The minimum absolute atomic E-state index is 0.397. The zero-order chi connectivity index (χ0) is 11.0. The van der Waals surface area contributed by atoms with Gasteiger partial charge in [0.2, 0.25) is 0 Å². The number of aromatic nitrogens is 3. The van der Waals surface area contributed by atoms with Gasteiger partial charge in [-0.25, -0.2) is 0 Å². The van der Waals surface area contributed by atoms with Crippen molar-refractivity contribution in [2.75, 3.05) is 0 Å². The summed E-state index contributed by atoms with van der Waals surface area (Å²) < 4.78 is 2.15. The van der Waals surface area contributed by atoms with Crippen LogP contribution in [0.5, 0.6) is 0 Å². The molecule has 0 saturated heterocycles. The molecule has 0 radical (unpaired) electrons. The van der Waals surface area contributed by atoms with Gasteiger partial charge in [-0.3, -0.25) is 0 Å². The van der Waals surface area contributed by atoms with E-state index >= 15 is 0 Å². The SMILES string of the molecule is CC(C)c1nnc(C(C)C)n2cccc12. The first kappa shape index (κ1) is 10.1. The Kier molecular flexibility index (Phi) is 2.47. The number of rotatable bonds is 2. The minimum atomic E-state index is 0.397. The molecule has 2 aromatic heterocycles. The molecule has 3 heteroatoms. The third kappa shape index (κ3) is 1.62. The molecule has 0 aromatic carbocycles. The molecule has 0 aliphatic carbocycles. The maximum Gasteiger partial charge on any atom is 0.138 e. The summed E-state index contributed by atoms with van der Waals surface area (Å²) >= 11 is 0. The second-order valence-electron chi connectivity index (χ2n) is 4.52. The minimum Gasteiger partial charge on any atom is -0.302 e. The first-order valence-corrected chi connectivity index (χ1v) is 5.44. The summed E-state index contributed by atoms with van der Waals surface area (Å²) in [7, 11) is 0. The van der Waals surface area contributed by atoms with Gasteiger partial charge in [-0.2, -0.15) is 5.10 Å². The Labute approximate surface area is 90.1 Å². The second-order valence-corrected chi connectivity index (χ2v) is 4.52. The standard InChI is InChI=1S/C12H17N3/c1-8(2)11-10-6-5-7-15(10)12(9(3)4)14-13-11/h5-9H,1-4H3. The van der Waals surface area contributed by atoms with Gasteiger partial charge in [0.25, 0.3) is 0 Å². The summed E-state index contributed by atoms with van der Waals surface area (Å²) in [5.74, 6) is 1.84. The maximum atomic E-state index is 4.33. The average Bonchev–Trinajstić information content (AvgIpc) is 2.63. The fourth-order valence-corrected chi connectivity index (χ4v) is 1.80. The van der Waals surface area contributed by atoms with Crippen molar-refractivity contribution in [3.63, 3.8) is 0 Å². The summed E-state index contributed by atoms with van der Waals surface area (Å²) in [6.07, 6.45) is 2.06. The lowest BCUT2D eigenvalue weighted by atomic mass is 10.1.